The molecule has 0 fully saturated rings. The third-order valence-corrected chi connectivity index (χ3v) is 2.89. The number of hydrogen-bond donors (Lipinski definition) is 1. The van der Waals surface area contributed by atoms with Crippen LogP contribution in [-0.2, 0) is 6.54 Å². The van der Waals surface area contributed by atoms with E-state index in [9.17, 15) is 0 Å². The molecule has 18 heavy (non-hydrogen) atoms. The van der Waals surface area contributed by atoms with Gasteiger partial charge in [-0.2, -0.15) is 0 Å². The van der Waals surface area contributed by atoms with E-state index in [0.717, 1.165) is 22.4 Å². The van der Waals surface area contributed by atoms with Gasteiger partial charge in [0.15, 0.2) is 0 Å². The first kappa shape index (κ1) is 11.1. The monoisotopic (exact) mass is 258 g/mol. The number of anilines is 1. The van der Waals surface area contributed by atoms with Crippen LogP contribution in [0.1, 0.15) is 5.76 Å². The van der Waals surface area contributed by atoms with E-state index in [1.807, 2.05) is 36.4 Å². The summed E-state index contributed by atoms with van der Waals surface area (Å²) in [5.41, 5.74) is 1.82. The molecular weight excluding hydrogens is 248 g/mol. The Balaban J connectivity index is 1.74. The maximum Gasteiger partial charge on any atom is 0.134 e. The van der Waals surface area contributed by atoms with Gasteiger partial charge in [-0.15, -0.1) is 0 Å². The lowest BCUT2D eigenvalue weighted by Gasteiger charge is -2.02. The highest BCUT2D eigenvalue weighted by Crippen LogP contribution is 2.19. The zero-order valence-corrected chi connectivity index (χ0v) is 10.3. The summed E-state index contributed by atoms with van der Waals surface area (Å²) in [6.45, 7) is 0.623. The van der Waals surface area contributed by atoms with E-state index in [0.29, 0.717) is 11.7 Å². The van der Waals surface area contributed by atoms with Gasteiger partial charge in [0, 0.05) is 5.39 Å². The van der Waals surface area contributed by atoms with Gasteiger partial charge in [-0.05, 0) is 24.3 Å². The molecule has 3 nitrogen and oxygen atoms in total. The van der Waals surface area contributed by atoms with Crippen molar-refractivity contribution in [1.82, 2.24) is 4.98 Å². The summed E-state index contributed by atoms with van der Waals surface area (Å²) < 4.78 is 5.70. The van der Waals surface area contributed by atoms with Crippen molar-refractivity contribution in [2.45, 2.75) is 6.54 Å². The van der Waals surface area contributed by atoms with Crippen molar-refractivity contribution in [2.24, 2.45) is 0 Å². The van der Waals surface area contributed by atoms with Gasteiger partial charge in [-0.1, -0.05) is 29.8 Å². The predicted molar refractivity (Wildman–Crippen MR) is 72.8 cm³/mol. The number of benzene rings is 1. The van der Waals surface area contributed by atoms with E-state index in [2.05, 4.69) is 10.3 Å². The maximum absolute atomic E-state index is 5.72. The van der Waals surface area contributed by atoms with Crippen molar-refractivity contribution in [3.63, 3.8) is 0 Å². The third kappa shape index (κ3) is 2.31. The molecule has 2 heterocycles. The van der Waals surface area contributed by atoms with E-state index in [1.165, 1.54) is 0 Å². The van der Waals surface area contributed by atoms with E-state index in [1.54, 1.807) is 12.3 Å². The largest absolute Gasteiger partial charge is 0.459 e. The first-order chi connectivity index (χ1) is 8.81. The van der Waals surface area contributed by atoms with Gasteiger partial charge >= 0.3 is 0 Å². The number of rotatable bonds is 3. The number of nitrogens with one attached hydrogen (secondary N) is 1. The second-order valence-electron chi connectivity index (χ2n) is 3.97. The molecule has 1 N–H and O–H groups in total. The predicted octanol–water partition coefficient (Wildman–Crippen LogP) is 4.09. The molecule has 0 radical (unpaired) electrons. The molecule has 0 aliphatic heterocycles. The molecule has 0 aliphatic rings. The van der Waals surface area contributed by atoms with Crippen LogP contribution in [0.4, 0.5) is 5.69 Å². The van der Waals surface area contributed by atoms with Crippen LogP contribution in [0.3, 0.4) is 0 Å². The van der Waals surface area contributed by atoms with Crippen LogP contribution >= 0.6 is 11.6 Å². The average Bonchev–Trinajstić information content (AvgIpc) is 2.81. The molecule has 1 aromatic carbocycles. The zero-order valence-electron chi connectivity index (χ0n) is 9.56. The van der Waals surface area contributed by atoms with Gasteiger partial charge in [0.2, 0.25) is 0 Å². The normalized spacial score (nSPS) is 10.7. The van der Waals surface area contributed by atoms with Crippen molar-refractivity contribution < 1.29 is 4.42 Å². The topological polar surface area (TPSA) is 38.1 Å². The highest BCUT2D eigenvalue weighted by molar-refractivity contribution is 6.29. The minimum atomic E-state index is 0.490. The lowest BCUT2D eigenvalue weighted by atomic mass is 10.2. The Labute approximate surface area is 109 Å². The summed E-state index contributed by atoms with van der Waals surface area (Å²) in [6, 6.07) is 13.6. The first-order valence-electron chi connectivity index (χ1n) is 5.64. The van der Waals surface area contributed by atoms with Crippen molar-refractivity contribution in [3.05, 3.63) is 59.6 Å². The van der Waals surface area contributed by atoms with Crippen LogP contribution < -0.4 is 5.32 Å². The summed E-state index contributed by atoms with van der Waals surface area (Å²) in [5.74, 6) is 0.895. The lowest BCUT2D eigenvalue weighted by molar-refractivity contribution is 0.559. The van der Waals surface area contributed by atoms with E-state index >= 15 is 0 Å². The third-order valence-electron chi connectivity index (χ3n) is 2.67. The Kier molecular flexibility index (Phi) is 2.90. The summed E-state index contributed by atoms with van der Waals surface area (Å²) in [7, 11) is 0. The maximum atomic E-state index is 5.72. The molecule has 2 aromatic heterocycles. The zero-order chi connectivity index (χ0) is 12.4. The number of hydrogen-bond acceptors (Lipinski definition) is 3. The van der Waals surface area contributed by atoms with Crippen molar-refractivity contribution >= 4 is 28.3 Å². The van der Waals surface area contributed by atoms with Gasteiger partial charge in [-0.25, -0.2) is 4.98 Å². The molecule has 0 bridgehead atoms. The Bertz CT molecular complexity index is 628. The van der Waals surface area contributed by atoms with E-state index < -0.39 is 0 Å². The van der Waals surface area contributed by atoms with E-state index in [-0.39, 0.29) is 0 Å². The Hall–Kier alpha value is -2.00. The smallest absolute Gasteiger partial charge is 0.134 e. The molecule has 3 aromatic rings. The second kappa shape index (κ2) is 4.70. The number of nitrogens with zero attached hydrogens (tertiary/aromatic N) is 1. The molecule has 0 spiro atoms. The summed E-state index contributed by atoms with van der Waals surface area (Å²) >= 11 is 5.72. The number of fused-ring (bicyclic) bond motifs is 1. The summed E-state index contributed by atoms with van der Waals surface area (Å²) in [5, 5.41) is 4.84. The standard InChI is InChI=1S/C14H11ClN2O/c15-14-6-5-11(8-17-14)16-9-12-7-10-3-1-2-4-13(10)18-12/h1-8,16H,9H2. The van der Waals surface area contributed by atoms with Gasteiger partial charge < -0.3 is 9.73 Å². The SMILES string of the molecule is Clc1ccc(NCc2cc3ccccc3o2)cn1. The number of para-hydroxylation sites is 1. The minimum Gasteiger partial charge on any atom is -0.459 e. The molecule has 0 unspecified atom stereocenters. The van der Waals surface area contributed by atoms with Crippen molar-refractivity contribution in [3.8, 4) is 0 Å². The van der Waals surface area contributed by atoms with Gasteiger partial charge in [0.25, 0.3) is 0 Å². The number of furan rings is 1. The minimum absolute atomic E-state index is 0.490. The van der Waals surface area contributed by atoms with Crippen LogP contribution in [-0.4, -0.2) is 4.98 Å². The Morgan fingerprint density at radius 1 is 1.17 bits per heavy atom. The average molecular weight is 259 g/mol. The van der Waals surface area contributed by atoms with E-state index in [4.69, 9.17) is 16.0 Å². The van der Waals surface area contributed by atoms with Crippen LogP contribution in [0, 0.1) is 0 Å². The fourth-order valence-corrected chi connectivity index (χ4v) is 1.91. The second-order valence-corrected chi connectivity index (χ2v) is 4.36. The van der Waals surface area contributed by atoms with Crippen LogP contribution in [0.5, 0.6) is 0 Å². The summed E-state index contributed by atoms with van der Waals surface area (Å²) in [4.78, 5) is 4.01. The van der Waals surface area contributed by atoms with Gasteiger partial charge in [-0.3, -0.25) is 0 Å². The molecule has 0 atom stereocenters. The summed E-state index contributed by atoms with van der Waals surface area (Å²) in [6.07, 6.45) is 1.70. The highest BCUT2D eigenvalue weighted by Gasteiger charge is 2.02. The Morgan fingerprint density at radius 3 is 2.83 bits per heavy atom. The lowest BCUT2D eigenvalue weighted by Crippen LogP contribution is -1.98. The fraction of sp³-hybridized carbons (Fsp3) is 0.0714. The number of halogens is 1. The van der Waals surface area contributed by atoms with Crippen molar-refractivity contribution in [1.29, 1.82) is 0 Å². The van der Waals surface area contributed by atoms with Gasteiger partial charge in [0.1, 0.15) is 16.5 Å². The number of aromatic nitrogens is 1. The molecule has 0 amide bonds. The highest BCUT2D eigenvalue weighted by atomic mass is 35.5. The molecular formula is C14H11ClN2O. The number of pyridine rings is 1. The van der Waals surface area contributed by atoms with Gasteiger partial charge in [0.05, 0.1) is 18.4 Å². The molecule has 3 rings (SSSR count). The fourth-order valence-electron chi connectivity index (χ4n) is 1.79. The molecule has 0 aliphatic carbocycles. The first-order valence-corrected chi connectivity index (χ1v) is 6.02. The van der Waals surface area contributed by atoms with Crippen molar-refractivity contribution in [2.75, 3.05) is 5.32 Å². The van der Waals surface area contributed by atoms with Crippen LogP contribution in [0.2, 0.25) is 5.15 Å². The van der Waals surface area contributed by atoms with Crippen LogP contribution in [0.15, 0.2) is 53.1 Å². The molecule has 0 saturated carbocycles. The molecule has 0 saturated heterocycles. The quantitative estimate of drug-likeness (QED) is 0.719. The van der Waals surface area contributed by atoms with Crippen LogP contribution in [0.25, 0.3) is 11.0 Å². The molecule has 4 heteroatoms. The molecule has 90 valence electrons. The Morgan fingerprint density at radius 2 is 2.06 bits per heavy atom.